The number of carbonyl (C=O) groups excluding carboxylic acids is 4. The second kappa shape index (κ2) is 18.4. The first kappa shape index (κ1) is 35.1. The molecule has 0 aliphatic rings. The van der Waals surface area contributed by atoms with Gasteiger partial charge in [0.1, 0.15) is 23.4 Å². The van der Waals surface area contributed by atoms with Crippen LogP contribution in [0.25, 0.3) is 0 Å². The first-order valence-electron chi connectivity index (χ1n) is 13.9. The lowest BCUT2D eigenvalue weighted by Gasteiger charge is -2.35. The molecule has 0 saturated carbocycles. The van der Waals surface area contributed by atoms with Gasteiger partial charge in [-0.1, -0.05) is 44.4 Å². The van der Waals surface area contributed by atoms with E-state index in [2.05, 4.69) is 17.6 Å². The molecule has 2 unspecified atom stereocenters. The van der Waals surface area contributed by atoms with Gasteiger partial charge < -0.3 is 30.1 Å². The number of carbonyl (C=O) groups is 4. The molecule has 0 bridgehead atoms. The van der Waals surface area contributed by atoms with Crippen LogP contribution in [0.5, 0.6) is 5.75 Å². The fourth-order valence-electron chi connectivity index (χ4n) is 4.01. The number of nitrogens with one attached hydrogen (secondary N) is 2. The number of unbranched alkanes of at least 4 members (excludes halogenated alkanes) is 3. The van der Waals surface area contributed by atoms with Crippen LogP contribution in [0, 0.1) is 0 Å². The Morgan fingerprint density at radius 1 is 1.07 bits per heavy atom. The van der Waals surface area contributed by atoms with E-state index in [9.17, 15) is 24.3 Å². The van der Waals surface area contributed by atoms with Gasteiger partial charge in [0.15, 0.2) is 0 Å². The number of esters is 1. The molecule has 226 valence electrons. The number of thioether (sulfide) groups is 1. The number of phenolic OH excluding ortho intramolecular Hbond substituents is 1. The van der Waals surface area contributed by atoms with E-state index >= 15 is 0 Å². The van der Waals surface area contributed by atoms with Gasteiger partial charge in [0.2, 0.25) is 11.8 Å². The van der Waals surface area contributed by atoms with Gasteiger partial charge in [-0.15, -0.1) is 0 Å². The summed E-state index contributed by atoms with van der Waals surface area (Å²) in [6, 6.07) is 4.22. The van der Waals surface area contributed by atoms with Crippen LogP contribution < -0.4 is 10.6 Å². The number of hydrogen-bond acceptors (Lipinski definition) is 8. The standard InChI is InChI=1S/C29H47N3O7S/c1-7-9-10-13-19-32(27(36)22(17-20-40-6)31-28(37)39-29(3,4)5)25(21-14-11-12-15-23(21)33)26(35)30-18-16-24(34)38-8-2/h11-12,14-15,22,25,33H,7-10,13,16-20H2,1-6H3,(H,30,35)(H,31,37). The van der Waals surface area contributed by atoms with Crippen molar-refractivity contribution in [1.29, 1.82) is 0 Å². The predicted molar refractivity (Wildman–Crippen MR) is 157 cm³/mol. The summed E-state index contributed by atoms with van der Waals surface area (Å²) < 4.78 is 10.3. The summed E-state index contributed by atoms with van der Waals surface area (Å²) in [7, 11) is 0. The molecule has 0 aromatic heterocycles. The van der Waals surface area contributed by atoms with Crippen LogP contribution in [0.15, 0.2) is 24.3 Å². The molecule has 10 nitrogen and oxygen atoms in total. The number of phenols is 1. The lowest BCUT2D eigenvalue weighted by Crippen LogP contribution is -2.53. The Hall–Kier alpha value is -2.95. The molecule has 1 aromatic carbocycles. The van der Waals surface area contributed by atoms with E-state index in [0.717, 1.165) is 19.3 Å². The summed E-state index contributed by atoms with van der Waals surface area (Å²) in [5, 5.41) is 16.2. The molecule has 0 saturated heterocycles. The van der Waals surface area contributed by atoms with E-state index in [1.54, 1.807) is 45.9 Å². The Labute approximate surface area is 242 Å². The highest BCUT2D eigenvalue weighted by molar-refractivity contribution is 7.98. The molecule has 40 heavy (non-hydrogen) atoms. The zero-order chi connectivity index (χ0) is 30.1. The molecule has 11 heteroatoms. The lowest BCUT2D eigenvalue weighted by atomic mass is 10.0. The first-order chi connectivity index (χ1) is 18.9. The largest absolute Gasteiger partial charge is 0.508 e. The molecule has 2 atom stereocenters. The van der Waals surface area contributed by atoms with Gasteiger partial charge in [0.05, 0.1) is 13.0 Å². The fraction of sp³-hybridized carbons (Fsp3) is 0.655. The van der Waals surface area contributed by atoms with Gasteiger partial charge in [-0.2, -0.15) is 11.8 Å². The van der Waals surface area contributed by atoms with Gasteiger partial charge in [-0.3, -0.25) is 14.4 Å². The molecule has 0 aliphatic carbocycles. The van der Waals surface area contributed by atoms with Crippen LogP contribution in [0.4, 0.5) is 4.79 Å². The molecule has 0 radical (unpaired) electrons. The molecule has 1 aromatic rings. The van der Waals surface area contributed by atoms with Crippen molar-refractivity contribution in [3.63, 3.8) is 0 Å². The van der Waals surface area contributed by atoms with Crippen LogP contribution in [0.1, 0.15) is 84.7 Å². The van der Waals surface area contributed by atoms with Crippen LogP contribution in [0.2, 0.25) is 0 Å². The average Bonchev–Trinajstić information content (AvgIpc) is 2.87. The van der Waals surface area contributed by atoms with Crippen molar-refractivity contribution in [2.75, 3.05) is 31.7 Å². The molecule has 3 N–H and O–H groups in total. The molecule has 3 amide bonds. The molecule has 0 spiro atoms. The molecular formula is C29H47N3O7S. The Morgan fingerprint density at radius 3 is 2.38 bits per heavy atom. The molecule has 0 heterocycles. The third-order valence-electron chi connectivity index (χ3n) is 5.86. The van der Waals surface area contributed by atoms with E-state index in [1.165, 1.54) is 22.7 Å². The highest BCUT2D eigenvalue weighted by Crippen LogP contribution is 2.30. The maximum absolute atomic E-state index is 14.1. The highest BCUT2D eigenvalue weighted by Gasteiger charge is 2.37. The quantitative estimate of drug-likeness (QED) is 0.180. The second-order valence-electron chi connectivity index (χ2n) is 10.4. The normalized spacial score (nSPS) is 12.7. The van der Waals surface area contributed by atoms with E-state index in [4.69, 9.17) is 9.47 Å². The van der Waals surface area contributed by atoms with Crippen LogP contribution in [-0.4, -0.2) is 77.2 Å². The average molecular weight is 582 g/mol. The SMILES string of the molecule is CCCCCCN(C(=O)C(CCSC)NC(=O)OC(C)(C)C)C(C(=O)NCCC(=O)OCC)c1ccccc1O. The number of amides is 3. The number of hydrogen-bond donors (Lipinski definition) is 3. The van der Waals surface area contributed by atoms with Crippen LogP contribution in [0.3, 0.4) is 0 Å². The molecule has 0 aliphatic heterocycles. The summed E-state index contributed by atoms with van der Waals surface area (Å²) in [5.74, 6) is -1.00. The predicted octanol–water partition coefficient (Wildman–Crippen LogP) is 4.56. The number of ether oxygens (including phenoxy) is 2. The van der Waals surface area contributed by atoms with Crippen molar-refractivity contribution in [2.24, 2.45) is 0 Å². The zero-order valence-electron chi connectivity index (χ0n) is 24.8. The third kappa shape index (κ3) is 12.9. The van der Waals surface area contributed by atoms with E-state index in [0.29, 0.717) is 18.6 Å². The third-order valence-corrected chi connectivity index (χ3v) is 6.50. The van der Waals surface area contributed by atoms with E-state index < -0.39 is 41.6 Å². The van der Waals surface area contributed by atoms with Gasteiger partial charge in [-0.25, -0.2) is 4.79 Å². The van der Waals surface area contributed by atoms with Crippen molar-refractivity contribution >= 4 is 35.6 Å². The number of para-hydroxylation sites is 1. The van der Waals surface area contributed by atoms with Gasteiger partial charge in [-0.05, 0) is 58.6 Å². The minimum atomic E-state index is -1.19. The van der Waals surface area contributed by atoms with E-state index in [1.807, 2.05) is 6.26 Å². The molecule has 1 rings (SSSR count). The Balaban J connectivity index is 3.42. The number of alkyl carbamates (subject to hydrolysis) is 1. The minimum Gasteiger partial charge on any atom is -0.508 e. The Bertz CT molecular complexity index is 952. The van der Waals surface area contributed by atoms with Crippen molar-refractivity contribution in [3.05, 3.63) is 29.8 Å². The van der Waals surface area contributed by atoms with Gasteiger partial charge in [0.25, 0.3) is 0 Å². The summed E-state index contributed by atoms with van der Waals surface area (Å²) in [6.07, 6.45) is 4.88. The summed E-state index contributed by atoms with van der Waals surface area (Å²) in [6.45, 7) is 9.45. The number of benzene rings is 1. The van der Waals surface area contributed by atoms with Crippen molar-refractivity contribution < 1.29 is 33.8 Å². The fourth-order valence-corrected chi connectivity index (χ4v) is 4.48. The lowest BCUT2D eigenvalue weighted by molar-refractivity contribution is -0.144. The monoisotopic (exact) mass is 581 g/mol. The Morgan fingerprint density at radius 2 is 1.77 bits per heavy atom. The van der Waals surface area contributed by atoms with Gasteiger partial charge >= 0.3 is 12.1 Å². The van der Waals surface area contributed by atoms with E-state index in [-0.39, 0.29) is 37.4 Å². The van der Waals surface area contributed by atoms with Crippen molar-refractivity contribution in [1.82, 2.24) is 15.5 Å². The molecular weight excluding hydrogens is 534 g/mol. The van der Waals surface area contributed by atoms with Crippen molar-refractivity contribution in [2.45, 2.75) is 90.8 Å². The maximum Gasteiger partial charge on any atom is 0.408 e. The van der Waals surface area contributed by atoms with Crippen LogP contribution >= 0.6 is 11.8 Å². The molecule has 0 fully saturated rings. The maximum atomic E-state index is 14.1. The highest BCUT2D eigenvalue weighted by atomic mass is 32.2. The summed E-state index contributed by atoms with van der Waals surface area (Å²) in [4.78, 5) is 53.7. The zero-order valence-corrected chi connectivity index (χ0v) is 25.6. The number of rotatable bonds is 17. The van der Waals surface area contributed by atoms with Crippen molar-refractivity contribution in [3.8, 4) is 5.75 Å². The minimum absolute atomic E-state index is 0.00564. The smallest absolute Gasteiger partial charge is 0.408 e. The summed E-state index contributed by atoms with van der Waals surface area (Å²) >= 11 is 1.53. The Kier molecular flexibility index (Phi) is 16.1. The first-order valence-corrected chi connectivity index (χ1v) is 15.3. The van der Waals surface area contributed by atoms with Crippen LogP contribution in [-0.2, 0) is 23.9 Å². The number of nitrogens with zero attached hydrogens (tertiary/aromatic N) is 1. The topological polar surface area (TPSA) is 134 Å². The van der Waals surface area contributed by atoms with Gasteiger partial charge in [0, 0.05) is 18.7 Å². The summed E-state index contributed by atoms with van der Waals surface area (Å²) in [5.41, 5.74) is -0.505. The number of aromatic hydroxyl groups is 1. The second-order valence-corrected chi connectivity index (χ2v) is 11.4.